The number of rotatable bonds is 6. The first-order valence-corrected chi connectivity index (χ1v) is 11.4. The highest BCUT2D eigenvalue weighted by molar-refractivity contribution is 5.88. The zero-order chi connectivity index (χ0) is 22.5. The van der Waals surface area contributed by atoms with E-state index in [0.29, 0.717) is 19.6 Å². The Labute approximate surface area is 185 Å². The van der Waals surface area contributed by atoms with Gasteiger partial charge in [0.15, 0.2) is 0 Å². The SMILES string of the molecule is CC(C)(C)OC(=O)N1CCN(CCCNC(=O)C2(c3cccc(F)c3)CCCC2)CC1. The molecule has 172 valence electrons. The number of nitrogens with zero attached hydrogens (tertiary/aromatic N) is 2. The first kappa shape index (κ1) is 23.5. The summed E-state index contributed by atoms with van der Waals surface area (Å²) in [6.07, 6.45) is 4.12. The number of benzene rings is 1. The number of carbonyl (C=O) groups is 2. The van der Waals surface area contributed by atoms with Gasteiger partial charge in [0, 0.05) is 32.7 Å². The Balaban J connectivity index is 1.42. The number of piperazine rings is 1. The van der Waals surface area contributed by atoms with Crippen LogP contribution in [-0.2, 0) is 14.9 Å². The summed E-state index contributed by atoms with van der Waals surface area (Å²) in [7, 11) is 0. The molecule has 1 heterocycles. The van der Waals surface area contributed by atoms with Crippen molar-refractivity contribution in [2.24, 2.45) is 0 Å². The summed E-state index contributed by atoms with van der Waals surface area (Å²) in [6.45, 7) is 10.0. The van der Waals surface area contributed by atoms with E-state index in [-0.39, 0.29) is 17.8 Å². The maximum absolute atomic E-state index is 13.8. The Morgan fingerprint density at radius 3 is 2.42 bits per heavy atom. The quantitative estimate of drug-likeness (QED) is 0.695. The van der Waals surface area contributed by atoms with E-state index in [1.807, 2.05) is 26.8 Å². The molecule has 7 heteroatoms. The van der Waals surface area contributed by atoms with Crippen molar-refractivity contribution in [2.75, 3.05) is 39.3 Å². The summed E-state index contributed by atoms with van der Waals surface area (Å²) in [6, 6.07) is 6.49. The highest BCUT2D eigenvalue weighted by Gasteiger charge is 2.42. The van der Waals surface area contributed by atoms with E-state index in [4.69, 9.17) is 4.74 Å². The first-order valence-electron chi connectivity index (χ1n) is 11.4. The van der Waals surface area contributed by atoms with Gasteiger partial charge < -0.3 is 15.0 Å². The number of hydrogen-bond donors (Lipinski definition) is 1. The van der Waals surface area contributed by atoms with E-state index in [2.05, 4.69) is 10.2 Å². The van der Waals surface area contributed by atoms with Gasteiger partial charge in [-0.1, -0.05) is 25.0 Å². The van der Waals surface area contributed by atoms with E-state index in [9.17, 15) is 14.0 Å². The van der Waals surface area contributed by atoms with Gasteiger partial charge in [-0.2, -0.15) is 0 Å². The summed E-state index contributed by atoms with van der Waals surface area (Å²) >= 11 is 0. The summed E-state index contributed by atoms with van der Waals surface area (Å²) in [5.41, 5.74) is -0.281. The lowest BCUT2D eigenvalue weighted by Crippen LogP contribution is -2.50. The van der Waals surface area contributed by atoms with E-state index < -0.39 is 11.0 Å². The van der Waals surface area contributed by atoms with Crippen LogP contribution in [0.15, 0.2) is 24.3 Å². The second-order valence-electron chi connectivity index (χ2n) is 9.72. The molecule has 1 saturated carbocycles. The predicted molar refractivity (Wildman–Crippen MR) is 118 cm³/mol. The van der Waals surface area contributed by atoms with Gasteiger partial charge in [-0.15, -0.1) is 0 Å². The highest BCUT2D eigenvalue weighted by Crippen LogP contribution is 2.41. The van der Waals surface area contributed by atoms with Crippen LogP contribution in [0.1, 0.15) is 58.4 Å². The molecule has 2 fully saturated rings. The number of ether oxygens (including phenoxy) is 1. The molecule has 2 amide bonds. The molecular weight excluding hydrogens is 397 g/mol. The Kier molecular flexibility index (Phi) is 7.57. The zero-order valence-corrected chi connectivity index (χ0v) is 19.1. The van der Waals surface area contributed by atoms with Crippen molar-refractivity contribution in [3.05, 3.63) is 35.6 Å². The summed E-state index contributed by atoms with van der Waals surface area (Å²) < 4.78 is 19.2. The molecule has 1 aromatic rings. The van der Waals surface area contributed by atoms with Crippen LogP contribution in [0, 0.1) is 5.82 Å². The van der Waals surface area contributed by atoms with Gasteiger partial charge in [0.2, 0.25) is 5.91 Å². The first-order chi connectivity index (χ1) is 14.7. The maximum atomic E-state index is 13.8. The molecule has 0 spiro atoms. The Hall–Kier alpha value is -2.15. The van der Waals surface area contributed by atoms with Gasteiger partial charge >= 0.3 is 6.09 Å². The molecule has 1 N–H and O–H groups in total. The third-order valence-electron chi connectivity index (χ3n) is 6.23. The molecule has 0 atom stereocenters. The maximum Gasteiger partial charge on any atom is 0.410 e. The molecule has 2 aliphatic rings. The van der Waals surface area contributed by atoms with Crippen molar-refractivity contribution in [1.29, 1.82) is 0 Å². The molecule has 0 bridgehead atoms. The van der Waals surface area contributed by atoms with Crippen LogP contribution in [0.2, 0.25) is 0 Å². The number of halogens is 1. The molecule has 0 unspecified atom stereocenters. The molecule has 1 aliphatic carbocycles. The van der Waals surface area contributed by atoms with Crippen LogP contribution in [0.5, 0.6) is 0 Å². The Morgan fingerprint density at radius 2 is 1.81 bits per heavy atom. The minimum Gasteiger partial charge on any atom is -0.444 e. The molecular formula is C24H36FN3O3. The van der Waals surface area contributed by atoms with E-state index in [0.717, 1.165) is 57.3 Å². The zero-order valence-electron chi connectivity index (χ0n) is 19.1. The molecule has 0 aromatic heterocycles. The van der Waals surface area contributed by atoms with Crippen LogP contribution in [0.25, 0.3) is 0 Å². The minimum atomic E-state index is -0.596. The third-order valence-corrected chi connectivity index (χ3v) is 6.23. The average molecular weight is 434 g/mol. The normalized spacial score (nSPS) is 19.3. The standard InChI is InChI=1S/C24H36FN3O3/c1-23(2,3)31-22(30)28-16-14-27(15-17-28)13-7-12-26-21(29)24(10-4-5-11-24)19-8-6-9-20(25)18-19/h6,8-9,18H,4-5,7,10-17H2,1-3H3,(H,26,29). The van der Waals surface area contributed by atoms with Crippen molar-refractivity contribution in [2.45, 2.75) is 63.9 Å². The topological polar surface area (TPSA) is 61.9 Å². The molecule has 1 saturated heterocycles. The largest absolute Gasteiger partial charge is 0.444 e. The Bertz CT molecular complexity index is 764. The van der Waals surface area contributed by atoms with Crippen LogP contribution in [0.4, 0.5) is 9.18 Å². The van der Waals surface area contributed by atoms with Crippen LogP contribution >= 0.6 is 0 Å². The molecule has 3 rings (SSSR count). The fourth-order valence-electron chi connectivity index (χ4n) is 4.57. The van der Waals surface area contributed by atoms with Crippen LogP contribution < -0.4 is 5.32 Å². The fourth-order valence-corrected chi connectivity index (χ4v) is 4.57. The van der Waals surface area contributed by atoms with Crippen molar-refractivity contribution in [3.8, 4) is 0 Å². The second kappa shape index (κ2) is 9.98. The van der Waals surface area contributed by atoms with Gasteiger partial charge in [0.05, 0.1) is 5.41 Å². The fraction of sp³-hybridized carbons (Fsp3) is 0.667. The lowest BCUT2D eigenvalue weighted by molar-refractivity contribution is -0.126. The monoisotopic (exact) mass is 433 g/mol. The summed E-state index contributed by atoms with van der Waals surface area (Å²) in [5.74, 6) is -0.271. The molecule has 6 nitrogen and oxygen atoms in total. The van der Waals surface area contributed by atoms with Gasteiger partial charge in [0.1, 0.15) is 11.4 Å². The van der Waals surface area contributed by atoms with Crippen molar-refractivity contribution in [1.82, 2.24) is 15.1 Å². The van der Waals surface area contributed by atoms with Crippen molar-refractivity contribution >= 4 is 12.0 Å². The Morgan fingerprint density at radius 1 is 1.13 bits per heavy atom. The van der Waals surface area contributed by atoms with Gasteiger partial charge in [-0.3, -0.25) is 9.69 Å². The number of amides is 2. The van der Waals surface area contributed by atoms with Crippen LogP contribution in [0.3, 0.4) is 0 Å². The van der Waals surface area contributed by atoms with Gasteiger partial charge in [-0.25, -0.2) is 9.18 Å². The molecule has 31 heavy (non-hydrogen) atoms. The number of hydrogen-bond acceptors (Lipinski definition) is 4. The smallest absolute Gasteiger partial charge is 0.410 e. The average Bonchev–Trinajstić information content (AvgIpc) is 3.21. The van der Waals surface area contributed by atoms with Gasteiger partial charge in [-0.05, 0) is 64.3 Å². The molecule has 1 aliphatic heterocycles. The molecule has 0 radical (unpaired) electrons. The van der Waals surface area contributed by atoms with E-state index in [1.54, 1.807) is 11.0 Å². The lowest BCUT2D eigenvalue weighted by atomic mass is 9.78. The van der Waals surface area contributed by atoms with Crippen LogP contribution in [-0.4, -0.2) is 66.7 Å². The summed E-state index contributed by atoms with van der Waals surface area (Å²) in [5, 5.41) is 3.10. The molecule has 1 aromatic carbocycles. The third kappa shape index (κ3) is 6.19. The lowest BCUT2D eigenvalue weighted by Gasteiger charge is -2.35. The predicted octanol–water partition coefficient (Wildman–Crippen LogP) is 3.70. The van der Waals surface area contributed by atoms with E-state index >= 15 is 0 Å². The van der Waals surface area contributed by atoms with Crippen molar-refractivity contribution < 1.29 is 18.7 Å². The summed E-state index contributed by atoms with van der Waals surface area (Å²) in [4.78, 5) is 29.3. The number of nitrogens with one attached hydrogen (secondary N) is 1. The number of carbonyl (C=O) groups excluding carboxylic acids is 2. The van der Waals surface area contributed by atoms with E-state index in [1.165, 1.54) is 12.1 Å². The minimum absolute atomic E-state index is 0.0188. The van der Waals surface area contributed by atoms with Gasteiger partial charge in [0.25, 0.3) is 0 Å². The van der Waals surface area contributed by atoms with Crippen molar-refractivity contribution in [3.63, 3.8) is 0 Å². The second-order valence-corrected chi connectivity index (χ2v) is 9.72. The highest BCUT2D eigenvalue weighted by atomic mass is 19.1.